The Labute approximate surface area is 212 Å². The molecule has 1 atom stereocenters. The number of thioether (sulfide) groups is 1. The Hall–Kier alpha value is -1.78. The van der Waals surface area contributed by atoms with Crippen LogP contribution in [0.3, 0.4) is 0 Å². The first kappa shape index (κ1) is 26.5. The minimum atomic E-state index is -0.177. The highest BCUT2D eigenvalue weighted by molar-refractivity contribution is 14.0. The standard InChI is InChI=1S/C24H33N5OS.HI/c1-26-24(27-12-14-31-22-10-3-2-4-11-22)28-16-19-7-5-8-20(15-19)17-29-13-6-9-21(18-29)23(25)30;/h2-5,7-8,10-11,15,21H,6,9,12-14,16-18H2,1H3,(H2,25,30)(H2,26,27,28);1H. The van der Waals surface area contributed by atoms with Gasteiger partial charge in [0.2, 0.25) is 5.91 Å². The Morgan fingerprint density at radius 3 is 2.69 bits per heavy atom. The number of hydrogen-bond donors (Lipinski definition) is 3. The molecule has 3 rings (SSSR count). The Morgan fingerprint density at radius 2 is 1.94 bits per heavy atom. The predicted octanol–water partition coefficient (Wildman–Crippen LogP) is 3.46. The van der Waals surface area contributed by atoms with Gasteiger partial charge in [0, 0.05) is 43.9 Å². The molecule has 0 aliphatic carbocycles. The van der Waals surface area contributed by atoms with Gasteiger partial charge in [-0.1, -0.05) is 42.5 Å². The number of nitrogens with one attached hydrogen (secondary N) is 2. The molecule has 1 heterocycles. The molecule has 1 unspecified atom stereocenters. The van der Waals surface area contributed by atoms with Crippen molar-refractivity contribution in [3.8, 4) is 0 Å². The molecule has 174 valence electrons. The predicted molar refractivity (Wildman–Crippen MR) is 144 cm³/mol. The highest BCUT2D eigenvalue weighted by Gasteiger charge is 2.23. The van der Waals surface area contributed by atoms with Gasteiger partial charge in [-0.05, 0) is 42.6 Å². The summed E-state index contributed by atoms with van der Waals surface area (Å²) in [5, 5.41) is 6.76. The van der Waals surface area contributed by atoms with E-state index in [1.54, 1.807) is 7.05 Å². The molecule has 6 nitrogen and oxygen atoms in total. The van der Waals surface area contributed by atoms with Crippen LogP contribution in [0.4, 0.5) is 0 Å². The van der Waals surface area contributed by atoms with Gasteiger partial charge in [0.1, 0.15) is 0 Å². The number of amides is 1. The molecule has 0 radical (unpaired) electrons. The van der Waals surface area contributed by atoms with Crippen LogP contribution in [-0.4, -0.2) is 49.2 Å². The lowest BCUT2D eigenvalue weighted by Gasteiger charge is -2.31. The summed E-state index contributed by atoms with van der Waals surface area (Å²) >= 11 is 1.83. The van der Waals surface area contributed by atoms with Crippen molar-refractivity contribution < 1.29 is 4.79 Å². The summed E-state index contributed by atoms with van der Waals surface area (Å²) in [6, 6.07) is 19.0. The molecule has 0 saturated carbocycles. The van der Waals surface area contributed by atoms with E-state index >= 15 is 0 Å². The summed E-state index contributed by atoms with van der Waals surface area (Å²) in [4.78, 5) is 19.4. The SMILES string of the molecule is CN=C(NCCSc1ccccc1)NCc1cccc(CN2CCCC(C(N)=O)C2)c1.I. The molecule has 32 heavy (non-hydrogen) atoms. The summed E-state index contributed by atoms with van der Waals surface area (Å²) < 4.78 is 0. The Bertz CT molecular complexity index is 864. The van der Waals surface area contributed by atoms with Crippen LogP contribution in [0.15, 0.2) is 64.5 Å². The quantitative estimate of drug-likeness (QED) is 0.142. The Kier molecular flexibility index (Phi) is 11.9. The third-order valence-corrected chi connectivity index (χ3v) is 6.41. The van der Waals surface area contributed by atoms with Gasteiger partial charge in [0.05, 0.1) is 5.92 Å². The number of aliphatic imine (C=N–C) groups is 1. The zero-order chi connectivity index (χ0) is 21.9. The molecule has 1 fully saturated rings. The number of piperidine rings is 1. The molecule has 2 aromatic rings. The average molecular weight is 568 g/mol. The molecule has 1 saturated heterocycles. The third kappa shape index (κ3) is 8.99. The molecule has 4 N–H and O–H groups in total. The topological polar surface area (TPSA) is 82.8 Å². The Morgan fingerprint density at radius 1 is 1.16 bits per heavy atom. The lowest BCUT2D eigenvalue weighted by Crippen LogP contribution is -2.40. The van der Waals surface area contributed by atoms with Gasteiger partial charge in [0.15, 0.2) is 5.96 Å². The van der Waals surface area contributed by atoms with E-state index in [1.807, 2.05) is 17.8 Å². The van der Waals surface area contributed by atoms with E-state index < -0.39 is 0 Å². The minimum absolute atomic E-state index is 0. The van der Waals surface area contributed by atoms with Crippen molar-refractivity contribution in [3.63, 3.8) is 0 Å². The maximum Gasteiger partial charge on any atom is 0.221 e. The lowest BCUT2D eigenvalue weighted by molar-refractivity contribution is -0.123. The summed E-state index contributed by atoms with van der Waals surface area (Å²) in [6.45, 7) is 4.18. The van der Waals surface area contributed by atoms with Crippen molar-refractivity contribution in [2.24, 2.45) is 16.6 Å². The molecular weight excluding hydrogens is 533 g/mol. The highest BCUT2D eigenvalue weighted by atomic mass is 127. The van der Waals surface area contributed by atoms with E-state index in [0.717, 1.165) is 50.7 Å². The average Bonchev–Trinajstić information content (AvgIpc) is 2.80. The molecule has 1 amide bonds. The maximum absolute atomic E-state index is 11.5. The fraction of sp³-hybridized carbons (Fsp3) is 0.417. The Balaban J connectivity index is 0.00000363. The smallest absolute Gasteiger partial charge is 0.221 e. The summed E-state index contributed by atoms with van der Waals surface area (Å²) in [5.74, 6) is 1.58. The second-order valence-electron chi connectivity index (χ2n) is 7.81. The van der Waals surface area contributed by atoms with Gasteiger partial charge in [-0.3, -0.25) is 14.7 Å². The van der Waals surface area contributed by atoms with Crippen molar-refractivity contribution in [2.75, 3.05) is 32.4 Å². The largest absolute Gasteiger partial charge is 0.369 e. The fourth-order valence-electron chi connectivity index (χ4n) is 3.79. The zero-order valence-electron chi connectivity index (χ0n) is 18.6. The molecule has 0 aromatic heterocycles. The first-order chi connectivity index (χ1) is 15.1. The number of likely N-dealkylation sites (tertiary alicyclic amines) is 1. The number of rotatable bonds is 9. The van der Waals surface area contributed by atoms with Crippen LogP contribution in [0, 0.1) is 5.92 Å². The first-order valence-corrected chi connectivity index (χ1v) is 11.8. The van der Waals surface area contributed by atoms with E-state index in [4.69, 9.17) is 5.73 Å². The van der Waals surface area contributed by atoms with Crippen LogP contribution in [0.2, 0.25) is 0 Å². The highest BCUT2D eigenvalue weighted by Crippen LogP contribution is 2.19. The summed E-state index contributed by atoms with van der Waals surface area (Å²) in [6.07, 6.45) is 1.94. The second-order valence-corrected chi connectivity index (χ2v) is 8.98. The number of primary amides is 1. The van der Waals surface area contributed by atoms with E-state index in [-0.39, 0.29) is 35.8 Å². The molecule has 1 aliphatic heterocycles. The van der Waals surface area contributed by atoms with Crippen LogP contribution in [-0.2, 0) is 17.9 Å². The number of halogens is 1. The minimum Gasteiger partial charge on any atom is -0.369 e. The monoisotopic (exact) mass is 567 g/mol. The molecule has 0 spiro atoms. The van der Waals surface area contributed by atoms with Gasteiger partial charge < -0.3 is 16.4 Å². The van der Waals surface area contributed by atoms with Crippen molar-refractivity contribution >= 4 is 47.6 Å². The van der Waals surface area contributed by atoms with Crippen molar-refractivity contribution in [2.45, 2.75) is 30.8 Å². The lowest BCUT2D eigenvalue weighted by atomic mass is 9.97. The normalized spacial score (nSPS) is 16.8. The van der Waals surface area contributed by atoms with E-state index in [9.17, 15) is 4.79 Å². The van der Waals surface area contributed by atoms with Gasteiger partial charge in [-0.25, -0.2) is 0 Å². The van der Waals surface area contributed by atoms with E-state index in [0.29, 0.717) is 6.54 Å². The van der Waals surface area contributed by atoms with Gasteiger partial charge >= 0.3 is 0 Å². The van der Waals surface area contributed by atoms with Gasteiger partial charge in [-0.2, -0.15) is 0 Å². The van der Waals surface area contributed by atoms with Crippen LogP contribution in [0.25, 0.3) is 0 Å². The zero-order valence-corrected chi connectivity index (χ0v) is 21.8. The number of carbonyl (C=O) groups is 1. The van der Waals surface area contributed by atoms with Crippen LogP contribution < -0.4 is 16.4 Å². The number of nitrogens with zero attached hydrogens (tertiary/aromatic N) is 2. The van der Waals surface area contributed by atoms with Crippen molar-refractivity contribution in [1.29, 1.82) is 0 Å². The summed E-state index contributed by atoms with van der Waals surface area (Å²) in [7, 11) is 1.79. The number of benzene rings is 2. The number of carbonyl (C=O) groups excluding carboxylic acids is 1. The number of nitrogens with two attached hydrogens (primary N) is 1. The number of guanidine groups is 1. The van der Waals surface area contributed by atoms with Crippen molar-refractivity contribution in [3.05, 3.63) is 65.7 Å². The number of hydrogen-bond acceptors (Lipinski definition) is 4. The fourth-order valence-corrected chi connectivity index (χ4v) is 4.58. The third-order valence-electron chi connectivity index (χ3n) is 5.40. The molecule has 2 aromatic carbocycles. The van der Waals surface area contributed by atoms with Crippen LogP contribution >= 0.6 is 35.7 Å². The first-order valence-electron chi connectivity index (χ1n) is 10.9. The van der Waals surface area contributed by atoms with E-state index in [2.05, 4.69) is 69.1 Å². The summed E-state index contributed by atoms with van der Waals surface area (Å²) in [5.41, 5.74) is 7.98. The van der Waals surface area contributed by atoms with E-state index in [1.165, 1.54) is 16.0 Å². The molecule has 1 aliphatic rings. The molecule has 8 heteroatoms. The molecular formula is C24H34IN5OS. The van der Waals surface area contributed by atoms with Gasteiger partial charge in [-0.15, -0.1) is 35.7 Å². The van der Waals surface area contributed by atoms with Crippen molar-refractivity contribution in [1.82, 2.24) is 15.5 Å². The van der Waals surface area contributed by atoms with Crippen LogP contribution in [0.1, 0.15) is 24.0 Å². The second kappa shape index (κ2) is 14.4. The van der Waals surface area contributed by atoms with Gasteiger partial charge in [0.25, 0.3) is 0 Å². The molecule has 0 bridgehead atoms. The van der Waals surface area contributed by atoms with Crippen LogP contribution in [0.5, 0.6) is 0 Å². The maximum atomic E-state index is 11.5.